The molecule has 3 heterocycles. The van der Waals surface area contributed by atoms with Crippen molar-refractivity contribution in [3.05, 3.63) is 41.5 Å². The van der Waals surface area contributed by atoms with Crippen LogP contribution in [0.3, 0.4) is 0 Å². The van der Waals surface area contributed by atoms with Crippen molar-refractivity contribution < 1.29 is 23.4 Å². The van der Waals surface area contributed by atoms with Crippen molar-refractivity contribution in [2.24, 2.45) is 5.41 Å². The van der Waals surface area contributed by atoms with E-state index in [1.54, 1.807) is 6.07 Å². The average molecular weight is 473 g/mol. The van der Waals surface area contributed by atoms with Crippen molar-refractivity contribution >= 4 is 17.6 Å². The fraction of sp³-hybridized carbons (Fsp3) is 0.560. The highest BCUT2D eigenvalue weighted by Crippen LogP contribution is 2.33. The predicted molar refractivity (Wildman–Crippen MR) is 126 cm³/mol. The van der Waals surface area contributed by atoms with Crippen molar-refractivity contribution in [2.75, 3.05) is 25.1 Å². The minimum Gasteiger partial charge on any atom is -0.474 e. The highest BCUT2D eigenvalue weighted by atomic mass is 19.1. The van der Waals surface area contributed by atoms with E-state index in [4.69, 9.17) is 14.2 Å². The Bertz CT molecular complexity index is 1030. The van der Waals surface area contributed by atoms with Crippen LogP contribution in [0, 0.1) is 25.1 Å². The molecule has 1 aromatic heterocycles. The molecule has 0 saturated carbocycles. The topological polar surface area (TPSA) is 85.8 Å². The molecule has 9 heteroatoms. The summed E-state index contributed by atoms with van der Waals surface area (Å²) in [6, 6.07) is 4.75. The van der Waals surface area contributed by atoms with E-state index in [1.165, 1.54) is 12.4 Å². The number of carbonyl (C=O) groups excluding carboxylic acids is 1. The van der Waals surface area contributed by atoms with E-state index in [2.05, 4.69) is 15.3 Å². The van der Waals surface area contributed by atoms with Crippen LogP contribution in [-0.4, -0.2) is 59.0 Å². The number of aromatic nitrogens is 2. The third-order valence-electron chi connectivity index (χ3n) is 6.01. The molecule has 2 aliphatic heterocycles. The van der Waals surface area contributed by atoms with Gasteiger partial charge >= 0.3 is 6.09 Å². The molecule has 2 unspecified atom stereocenters. The molecule has 2 saturated heterocycles. The minimum atomic E-state index is -0.348. The molecule has 2 bridgehead atoms. The van der Waals surface area contributed by atoms with Crippen molar-refractivity contribution in [3.63, 3.8) is 0 Å². The number of piperidine rings is 1. The molecule has 4 rings (SSSR count). The molecule has 0 radical (unpaired) electrons. The van der Waals surface area contributed by atoms with Gasteiger partial charge in [0.15, 0.2) is 0 Å². The molecule has 2 aromatic rings. The molecule has 1 aromatic carbocycles. The number of benzene rings is 1. The summed E-state index contributed by atoms with van der Waals surface area (Å²) in [5, 5.41) is 3.04. The number of hydrogen-bond donors (Lipinski definition) is 1. The SMILES string of the molecule is Cc1ccc(Nc2ncnc(OC3CC4COCC(C3)N4C(=O)OCC(C)(C)C)c2C)c(F)c1. The zero-order chi connectivity index (χ0) is 24.5. The lowest BCUT2D eigenvalue weighted by molar-refractivity contribution is -0.0928. The van der Waals surface area contributed by atoms with Gasteiger partial charge in [-0.25, -0.2) is 19.2 Å². The fourth-order valence-electron chi connectivity index (χ4n) is 4.30. The molecule has 8 nitrogen and oxygen atoms in total. The zero-order valence-corrected chi connectivity index (χ0v) is 20.4. The van der Waals surface area contributed by atoms with Crippen molar-refractivity contribution in [1.82, 2.24) is 14.9 Å². The summed E-state index contributed by atoms with van der Waals surface area (Å²) in [4.78, 5) is 23.2. The van der Waals surface area contributed by atoms with E-state index in [0.717, 1.165) is 5.56 Å². The largest absolute Gasteiger partial charge is 0.474 e. The number of carbonyl (C=O) groups is 1. The second kappa shape index (κ2) is 9.74. The molecule has 184 valence electrons. The number of amides is 1. The van der Waals surface area contributed by atoms with Crippen LogP contribution in [0.15, 0.2) is 24.5 Å². The Balaban J connectivity index is 1.44. The number of nitrogens with one attached hydrogen (secondary N) is 1. The van der Waals surface area contributed by atoms with Crippen LogP contribution >= 0.6 is 0 Å². The van der Waals surface area contributed by atoms with E-state index in [0.29, 0.717) is 55.6 Å². The van der Waals surface area contributed by atoms with E-state index in [-0.39, 0.29) is 35.5 Å². The van der Waals surface area contributed by atoms with Gasteiger partial charge in [0, 0.05) is 12.8 Å². The molecule has 1 amide bonds. The van der Waals surface area contributed by atoms with E-state index in [1.807, 2.05) is 45.6 Å². The van der Waals surface area contributed by atoms with Gasteiger partial charge in [-0.15, -0.1) is 0 Å². The Morgan fingerprint density at radius 3 is 2.56 bits per heavy atom. The first-order valence-corrected chi connectivity index (χ1v) is 11.6. The van der Waals surface area contributed by atoms with E-state index >= 15 is 0 Å². The molecule has 34 heavy (non-hydrogen) atoms. The predicted octanol–water partition coefficient (Wildman–Crippen LogP) is 4.77. The van der Waals surface area contributed by atoms with E-state index in [9.17, 15) is 9.18 Å². The highest BCUT2D eigenvalue weighted by Gasteiger charge is 2.43. The van der Waals surface area contributed by atoms with Crippen molar-refractivity contribution in [2.45, 2.75) is 65.6 Å². The summed E-state index contributed by atoms with van der Waals surface area (Å²) >= 11 is 0. The van der Waals surface area contributed by atoms with Gasteiger partial charge < -0.3 is 19.5 Å². The lowest BCUT2D eigenvalue weighted by Gasteiger charge is -2.47. The number of nitrogens with zero attached hydrogens (tertiary/aromatic N) is 3. The quantitative estimate of drug-likeness (QED) is 0.671. The first-order chi connectivity index (χ1) is 16.1. The monoisotopic (exact) mass is 472 g/mol. The minimum absolute atomic E-state index is 0.0967. The fourth-order valence-corrected chi connectivity index (χ4v) is 4.30. The van der Waals surface area contributed by atoms with Gasteiger partial charge in [-0.1, -0.05) is 26.8 Å². The maximum Gasteiger partial charge on any atom is 0.410 e. The molecular weight excluding hydrogens is 439 g/mol. The third-order valence-corrected chi connectivity index (χ3v) is 6.01. The van der Waals surface area contributed by atoms with Crippen LogP contribution in [0.25, 0.3) is 0 Å². The maximum absolute atomic E-state index is 14.3. The van der Waals surface area contributed by atoms with Crippen LogP contribution < -0.4 is 10.1 Å². The van der Waals surface area contributed by atoms with Gasteiger partial charge in [-0.2, -0.15) is 0 Å². The normalized spacial score (nSPS) is 22.3. The number of fused-ring (bicyclic) bond motifs is 2. The number of halogens is 1. The van der Waals surface area contributed by atoms with Crippen LogP contribution in [0.2, 0.25) is 0 Å². The summed E-state index contributed by atoms with van der Waals surface area (Å²) in [5.74, 6) is 0.580. The smallest absolute Gasteiger partial charge is 0.410 e. The number of ether oxygens (including phenoxy) is 3. The highest BCUT2D eigenvalue weighted by molar-refractivity contribution is 5.69. The standard InChI is InChI=1S/C25H33FN4O4/c1-15-6-7-21(20(26)8-15)29-22-16(2)23(28-14-27-22)34-19-9-17-11-32-12-18(10-19)30(17)24(31)33-13-25(3,4)5/h6-8,14,17-19H,9-13H2,1-5H3,(H,27,28,29). The number of rotatable bonds is 5. The Labute approximate surface area is 199 Å². The lowest BCUT2D eigenvalue weighted by atomic mass is 9.92. The molecular formula is C25H33FN4O4. The first-order valence-electron chi connectivity index (χ1n) is 11.6. The van der Waals surface area contributed by atoms with Gasteiger partial charge in [0.25, 0.3) is 0 Å². The Hall–Kier alpha value is -2.94. The van der Waals surface area contributed by atoms with Crippen LogP contribution in [0.5, 0.6) is 5.88 Å². The number of aryl methyl sites for hydroxylation is 1. The van der Waals surface area contributed by atoms with Crippen LogP contribution in [0.1, 0.15) is 44.7 Å². The molecule has 2 fully saturated rings. The average Bonchev–Trinajstić information content (AvgIpc) is 2.75. The lowest BCUT2D eigenvalue weighted by Crippen LogP contribution is -2.61. The summed E-state index contributed by atoms with van der Waals surface area (Å²) in [6.07, 6.45) is 2.19. The van der Waals surface area contributed by atoms with Gasteiger partial charge in [0.1, 0.15) is 24.1 Å². The van der Waals surface area contributed by atoms with Gasteiger partial charge in [-0.05, 0) is 37.0 Å². The molecule has 2 atom stereocenters. The molecule has 1 N–H and O–H groups in total. The maximum atomic E-state index is 14.3. The second-order valence-electron chi connectivity index (χ2n) is 10.3. The van der Waals surface area contributed by atoms with Gasteiger partial charge in [0.05, 0.1) is 43.2 Å². The Morgan fingerprint density at radius 2 is 1.91 bits per heavy atom. The first kappa shape index (κ1) is 24.2. The molecule has 0 aliphatic carbocycles. The Kier molecular flexibility index (Phi) is 6.93. The molecule has 2 aliphatic rings. The van der Waals surface area contributed by atoms with Gasteiger partial charge in [0.2, 0.25) is 5.88 Å². The van der Waals surface area contributed by atoms with Gasteiger partial charge in [-0.3, -0.25) is 4.90 Å². The summed E-state index contributed by atoms with van der Waals surface area (Å²) < 4.78 is 31.9. The number of anilines is 2. The number of hydrogen-bond acceptors (Lipinski definition) is 7. The van der Waals surface area contributed by atoms with E-state index < -0.39 is 0 Å². The van der Waals surface area contributed by atoms with Crippen molar-refractivity contribution in [1.29, 1.82) is 0 Å². The Morgan fingerprint density at radius 1 is 1.21 bits per heavy atom. The summed E-state index contributed by atoms with van der Waals surface area (Å²) in [7, 11) is 0. The zero-order valence-electron chi connectivity index (χ0n) is 20.4. The second-order valence-corrected chi connectivity index (χ2v) is 10.3. The third kappa shape index (κ3) is 5.58. The summed E-state index contributed by atoms with van der Waals surface area (Å²) in [6.45, 7) is 11.0. The van der Waals surface area contributed by atoms with Crippen LogP contribution in [0.4, 0.5) is 20.7 Å². The summed E-state index contributed by atoms with van der Waals surface area (Å²) in [5.41, 5.74) is 1.78. The number of morpholine rings is 1. The molecule has 0 spiro atoms. The van der Waals surface area contributed by atoms with Crippen molar-refractivity contribution in [3.8, 4) is 5.88 Å². The van der Waals surface area contributed by atoms with Crippen LogP contribution in [-0.2, 0) is 9.47 Å².